The fourth-order valence-electron chi connectivity index (χ4n) is 0.960. The second-order valence-electron chi connectivity index (χ2n) is 3.16. The number of carbonyl (C=O) groups is 1. The Morgan fingerprint density at radius 3 is 2.50 bits per heavy atom. The molecule has 0 aliphatic carbocycles. The summed E-state index contributed by atoms with van der Waals surface area (Å²) in [5.41, 5.74) is 0. The summed E-state index contributed by atoms with van der Waals surface area (Å²) in [4.78, 5) is 10.7. The predicted molar refractivity (Wildman–Crippen MR) is 50.3 cm³/mol. The van der Waals surface area contributed by atoms with Gasteiger partial charge in [0, 0.05) is 11.8 Å². The van der Waals surface area contributed by atoms with Gasteiger partial charge < -0.3 is 4.74 Å². The number of ether oxygens (including phenoxy) is 1. The maximum atomic E-state index is 10.7. The van der Waals surface area contributed by atoms with Gasteiger partial charge in [0.25, 0.3) is 0 Å². The minimum Gasteiger partial charge on any atom is -0.465 e. The Morgan fingerprint density at radius 1 is 1.50 bits per heavy atom. The molecule has 2 atom stereocenters. The van der Waals surface area contributed by atoms with Gasteiger partial charge in [-0.25, -0.2) is 0 Å². The van der Waals surface area contributed by atoms with Crippen molar-refractivity contribution in [2.24, 2.45) is 5.92 Å². The van der Waals surface area contributed by atoms with Crippen LogP contribution in [0.2, 0.25) is 0 Å². The maximum Gasteiger partial charge on any atom is 0.305 e. The molecule has 0 fully saturated rings. The van der Waals surface area contributed by atoms with Gasteiger partial charge in [-0.1, -0.05) is 13.8 Å². The fourth-order valence-corrected chi connectivity index (χ4v) is 1.26. The van der Waals surface area contributed by atoms with E-state index in [1.54, 1.807) is 6.92 Å². The summed E-state index contributed by atoms with van der Waals surface area (Å²) in [5, 5.41) is 0.153. The van der Waals surface area contributed by atoms with Crippen molar-refractivity contribution < 1.29 is 9.53 Å². The molecule has 3 heteroatoms. The highest BCUT2D eigenvalue weighted by molar-refractivity contribution is 6.20. The third-order valence-electron chi connectivity index (χ3n) is 1.54. The van der Waals surface area contributed by atoms with Crippen LogP contribution in [0.5, 0.6) is 0 Å². The highest BCUT2D eigenvalue weighted by Gasteiger charge is 2.08. The molecule has 0 saturated heterocycles. The second-order valence-corrected chi connectivity index (χ2v) is 3.90. The molecule has 0 aromatic rings. The number of halogens is 1. The van der Waals surface area contributed by atoms with Crippen LogP contribution in [0.25, 0.3) is 0 Å². The molecule has 0 bridgehead atoms. The topological polar surface area (TPSA) is 26.3 Å². The number of hydrogen-bond acceptors (Lipinski definition) is 2. The Balaban J connectivity index is 3.43. The quantitative estimate of drug-likeness (QED) is 0.495. The van der Waals surface area contributed by atoms with E-state index in [0.717, 1.165) is 6.42 Å². The first-order valence-electron chi connectivity index (χ1n) is 4.36. The number of rotatable bonds is 5. The summed E-state index contributed by atoms with van der Waals surface area (Å²) in [6.07, 6.45) is 1.34. The van der Waals surface area contributed by atoms with E-state index in [2.05, 4.69) is 0 Å². The molecule has 0 aromatic heterocycles. The van der Waals surface area contributed by atoms with Gasteiger partial charge in [0.1, 0.15) is 0 Å². The lowest BCUT2D eigenvalue weighted by Crippen LogP contribution is -2.13. The average molecular weight is 193 g/mol. The standard InChI is InChI=1S/C9H17ClO2/c1-4-9(11)12-6-7(2)5-8(3)10/h7-8H,4-6H2,1-3H3. The first-order chi connectivity index (χ1) is 5.56. The molecule has 0 N–H and O–H groups in total. The molecule has 2 nitrogen and oxygen atoms in total. The number of alkyl halides is 1. The Hall–Kier alpha value is -0.240. The van der Waals surface area contributed by atoms with Gasteiger partial charge in [-0.05, 0) is 19.3 Å². The molecular formula is C9H17ClO2. The van der Waals surface area contributed by atoms with Gasteiger partial charge >= 0.3 is 5.97 Å². The zero-order valence-electron chi connectivity index (χ0n) is 7.97. The molecule has 0 aliphatic heterocycles. The van der Waals surface area contributed by atoms with Crippen molar-refractivity contribution in [1.82, 2.24) is 0 Å². The van der Waals surface area contributed by atoms with E-state index < -0.39 is 0 Å². The lowest BCUT2D eigenvalue weighted by atomic mass is 10.1. The summed E-state index contributed by atoms with van der Waals surface area (Å²) < 4.78 is 4.96. The zero-order valence-corrected chi connectivity index (χ0v) is 8.73. The Labute approximate surface area is 79.2 Å². The smallest absolute Gasteiger partial charge is 0.305 e. The molecule has 0 amide bonds. The van der Waals surface area contributed by atoms with Crippen LogP contribution in [0, 0.1) is 5.92 Å². The van der Waals surface area contributed by atoms with E-state index in [9.17, 15) is 4.79 Å². The van der Waals surface area contributed by atoms with Gasteiger partial charge in [0.05, 0.1) is 6.61 Å². The van der Waals surface area contributed by atoms with Crippen molar-refractivity contribution in [3.8, 4) is 0 Å². The van der Waals surface area contributed by atoms with E-state index in [1.807, 2.05) is 13.8 Å². The monoisotopic (exact) mass is 192 g/mol. The van der Waals surface area contributed by atoms with Crippen molar-refractivity contribution in [2.45, 2.75) is 39.0 Å². The predicted octanol–water partition coefficient (Wildman–Crippen LogP) is 2.59. The molecular weight excluding hydrogens is 176 g/mol. The van der Waals surface area contributed by atoms with Gasteiger partial charge in [-0.2, -0.15) is 0 Å². The van der Waals surface area contributed by atoms with E-state index in [-0.39, 0.29) is 11.3 Å². The molecule has 0 saturated carbocycles. The SMILES string of the molecule is CCC(=O)OCC(C)CC(C)Cl. The minimum atomic E-state index is -0.135. The van der Waals surface area contributed by atoms with E-state index in [0.29, 0.717) is 18.9 Å². The van der Waals surface area contributed by atoms with Crippen molar-refractivity contribution in [2.75, 3.05) is 6.61 Å². The van der Waals surface area contributed by atoms with E-state index in [4.69, 9.17) is 16.3 Å². The molecule has 0 aromatic carbocycles. The van der Waals surface area contributed by atoms with Crippen molar-refractivity contribution in [3.05, 3.63) is 0 Å². The Kier molecular flexibility index (Phi) is 6.17. The molecule has 72 valence electrons. The summed E-state index contributed by atoms with van der Waals surface area (Å²) in [6, 6.07) is 0. The molecule has 0 aliphatic rings. The van der Waals surface area contributed by atoms with E-state index >= 15 is 0 Å². The lowest BCUT2D eigenvalue weighted by Gasteiger charge is -2.12. The third kappa shape index (κ3) is 6.47. The number of hydrogen-bond donors (Lipinski definition) is 0. The third-order valence-corrected chi connectivity index (χ3v) is 1.72. The van der Waals surface area contributed by atoms with Crippen molar-refractivity contribution in [3.63, 3.8) is 0 Å². The summed E-state index contributed by atoms with van der Waals surface area (Å²) in [7, 11) is 0. The van der Waals surface area contributed by atoms with Crippen LogP contribution in [0.1, 0.15) is 33.6 Å². The van der Waals surface area contributed by atoms with Gasteiger partial charge in [0.2, 0.25) is 0 Å². The molecule has 12 heavy (non-hydrogen) atoms. The van der Waals surface area contributed by atoms with Crippen LogP contribution in [-0.2, 0) is 9.53 Å². The fraction of sp³-hybridized carbons (Fsp3) is 0.889. The lowest BCUT2D eigenvalue weighted by molar-refractivity contribution is -0.144. The Morgan fingerprint density at radius 2 is 2.08 bits per heavy atom. The number of carbonyl (C=O) groups excluding carboxylic acids is 1. The first kappa shape index (κ1) is 11.8. The minimum absolute atomic E-state index is 0.135. The second kappa shape index (κ2) is 6.30. The Bertz CT molecular complexity index is 134. The van der Waals surface area contributed by atoms with Gasteiger partial charge in [0.15, 0.2) is 0 Å². The molecule has 2 unspecified atom stereocenters. The molecule has 0 radical (unpaired) electrons. The first-order valence-corrected chi connectivity index (χ1v) is 4.79. The van der Waals surface area contributed by atoms with Gasteiger partial charge in [-0.3, -0.25) is 4.79 Å². The number of esters is 1. The zero-order chi connectivity index (χ0) is 9.56. The molecule has 0 rings (SSSR count). The van der Waals surface area contributed by atoms with Crippen LogP contribution in [-0.4, -0.2) is 18.0 Å². The summed E-state index contributed by atoms with van der Waals surface area (Å²) in [6.45, 7) is 6.25. The summed E-state index contributed by atoms with van der Waals surface area (Å²) >= 11 is 5.78. The van der Waals surface area contributed by atoms with Crippen LogP contribution < -0.4 is 0 Å². The largest absolute Gasteiger partial charge is 0.465 e. The molecule has 0 heterocycles. The van der Waals surface area contributed by atoms with E-state index in [1.165, 1.54) is 0 Å². The van der Waals surface area contributed by atoms with Crippen LogP contribution in [0.15, 0.2) is 0 Å². The maximum absolute atomic E-state index is 10.7. The van der Waals surface area contributed by atoms with Crippen LogP contribution in [0.3, 0.4) is 0 Å². The van der Waals surface area contributed by atoms with Crippen molar-refractivity contribution in [1.29, 1.82) is 0 Å². The molecule has 0 spiro atoms. The highest BCUT2D eigenvalue weighted by Crippen LogP contribution is 2.10. The summed E-state index contributed by atoms with van der Waals surface area (Å²) in [5.74, 6) is 0.220. The normalized spacial score (nSPS) is 15.3. The van der Waals surface area contributed by atoms with Crippen LogP contribution in [0.4, 0.5) is 0 Å². The van der Waals surface area contributed by atoms with Crippen molar-refractivity contribution >= 4 is 17.6 Å². The average Bonchev–Trinajstić information content (AvgIpc) is 1.99. The van der Waals surface area contributed by atoms with Gasteiger partial charge in [-0.15, -0.1) is 11.6 Å². The highest BCUT2D eigenvalue weighted by atomic mass is 35.5. The van der Waals surface area contributed by atoms with Crippen LogP contribution >= 0.6 is 11.6 Å².